The van der Waals surface area contributed by atoms with E-state index in [2.05, 4.69) is 26.1 Å². The van der Waals surface area contributed by atoms with Gasteiger partial charge < -0.3 is 15.0 Å². The third kappa shape index (κ3) is 8.02. The predicted octanol–water partition coefficient (Wildman–Crippen LogP) is 4.05. The van der Waals surface area contributed by atoms with Crippen molar-refractivity contribution in [3.63, 3.8) is 0 Å². The maximum Gasteiger partial charge on any atom is 0.410 e. The summed E-state index contributed by atoms with van der Waals surface area (Å²) < 4.78 is 5.44. The van der Waals surface area contributed by atoms with Crippen molar-refractivity contribution in [1.82, 2.24) is 10.2 Å². The first-order chi connectivity index (χ1) is 10.2. The van der Waals surface area contributed by atoms with Crippen LogP contribution in [-0.4, -0.2) is 42.3 Å². The van der Waals surface area contributed by atoms with Crippen molar-refractivity contribution in [1.29, 1.82) is 0 Å². The van der Waals surface area contributed by atoms with Crippen molar-refractivity contribution in [2.75, 3.05) is 19.6 Å². The molecule has 0 saturated carbocycles. The van der Waals surface area contributed by atoms with Crippen molar-refractivity contribution in [2.45, 2.75) is 78.9 Å². The molecule has 1 rings (SSSR count). The zero-order chi connectivity index (χ0) is 16.8. The fraction of sp³-hybridized carbons (Fsp3) is 0.944. The lowest BCUT2D eigenvalue weighted by Gasteiger charge is -2.34. The van der Waals surface area contributed by atoms with Gasteiger partial charge in [0, 0.05) is 19.1 Å². The van der Waals surface area contributed by atoms with Gasteiger partial charge in [0.05, 0.1) is 0 Å². The van der Waals surface area contributed by atoms with Gasteiger partial charge in [0.1, 0.15) is 5.60 Å². The van der Waals surface area contributed by atoms with Crippen LogP contribution in [0.5, 0.6) is 0 Å². The molecule has 1 unspecified atom stereocenters. The van der Waals surface area contributed by atoms with Crippen molar-refractivity contribution in [3.8, 4) is 0 Å². The molecular weight excluding hydrogens is 276 g/mol. The van der Waals surface area contributed by atoms with Crippen LogP contribution in [0.2, 0.25) is 0 Å². The highest BCUT2D eigenvalue weighted by Crippen LogP contribution is 2.19. The summed E-state index contributed by atoms with van der Waals surface area (Å²) in [5.41, 5.74) is -0.401. The van der Waals surface area contributed by atoms with Gasteiger partial charge in [0.2, 0.25) is 0 Å². The molecule has 0 aliphatic carbocycles. The molecule has 1 heterocycles. The third-order valence-electron chi connectivity index (χ3n) is 4.20. The Morgan fingerprint density at radius 3 is 2.27 bits per heavy atom. The van der Waals surface area contributed by atoms with Gasteiger partial charge in [0.15, 0.2) is 0 Å². The first kappa shape index (κ1) is 19.3. The van der Waals surface area contributed by atoms with Gasteiger partial charge in [-0.25, -0.2) is 4.79 Å². The van der Waals surface area contributed by atoms with Crippen LogP contribution in [0.25, 0.3) is 0 Å². The van der Waals surface area contributed by atoms with E-state index in [1.54, 1.807) is 0 Å². The number of carbonyl (C=O) groups is 1. The first-order valence-corrected chi connectivity index (χ1v) is 8.88. The van der Waals surface area contributed by atoms with E-state index in [1.807, 2.05) is 25.7 Å². The number of hydrogen-bond donors (Lipinski definition) is 1. The molecule has 4 heteroatoms. The van der Waals surface area contributed by atoms with Crippen molar-refractivity contribution >= 4 is 6.09 Å². The van der Waals surface area contributed by atoms with E-state index in [0.29, 0.717) is 12.0 Å². The van der Waals surface area contributed by atoms with Crippen LogP contribution in [0.4, 0.5) is 4.79 Å². The van der Waals surface area contributed by atoms with Gasteiger partial charge in [-0.3, -0.25) is 0 Å². The SMILES string of the molecule is CC(C)CCC(C)NCC1CCN(C(=O)OC(C)(C)C)CC1. The molecule has 130 valence electrons. The molecule has 0 aromatic rings. The number of hydrogen-bond acceptors (Lipinski definition) is 3. The van der Waals surface area contributed by atoms with Crippen LogP contribution in [-0.2, 0) is 4.74 Å². The summed E-state index contributed by atoms with van der Waals surface area (Å²) in [7, 11) is 0. The average Bonchev–Trinajstić information content (AvgIpc) is 2.41. The van der Waals surface area contributed by atoms with Crippen molar-refractivity contribution in [2.24, 2.45) is 11.8 Å². The minimum absolute atomic E-state index is 0.163. The molecule has 22 heavy (non-hydrogen) atoms. The Morgan fingerprint density at radius 1 is 1.18 bits per heavy atom. The molecular formula is C18H36N2O2. The number of amides is 1. The lowest BCUT2D eigenvalue weighted by atomic mass is 9.96. The lowest BCUT2D eigenvalue weighted by molar-refractivity contribution is 0.0183. The molecule has 0 spiro atoms. The molecule has 4 nitrogen and oxygen atoms in total. The molecule has 0 bridgehead atoms. The minimum Gasteiger partial charge on any atom is -0.444 e. The normalized spacial score (nSPS) is 18.6. The molecule has 1 fully saturated rings. The topological polar surface area (TPSA) is 41.6 Å². The predicted molar refractivity (Wildman–Crippen MR) is 92.1 cm³/mol. The molecule has 0 aromatic heterocycles. The molecule has 0 radical (unpaired) electrons. The Balaban J connectivity index is 2.21. The second kappa shape index (κ2) is 8.76. The second-order valence-electron chi connectivity index (χ2n) is 8.19. The number of likely N-dealkylation sites (tertiary alicyclic amines) is 1. The average molecular weight is 312 g/mol. The number of nitrogens with one attached hydrogen (secondary N) is 1. The van der Waals surface area contributed by atoms with E-state index < -0.39 is 5.60 Å². The highest BCUT2D eigenvalue weighted by atomic mass is 16.6. The van der Waals surface area contributed by atoms with Crippen molar-refractivity contribution < 1.29 is 9.53 Å². The molecule has 1 N–H and O–H groups in total. The number of rotatable bonds is 6. The Morgan fingerprint density at radius 2 is 1.77 bits per heavy atom. The Kier molecular flexibility index (Phi) is 7.67. The number of nitrogens with zero attached hydrogens (tertiary/aromatic N) is 1. The number of piperidine rings is 1. The van der Waals surface area contributed by atoms with Crippen LogP contribution in [0.15, 0.2) is 0 Å². The van der Waals surface area contributed by atoms with Crippen LogP contribution in [0.3, 0.4) is 0 Å². The van der Waals surface area contributed by atoms with Crippen molar-refractivity contribution in [3.05, 3.63) is 0 Å². The summed E-state index contributed by atoms with van der Waals surface area (Å²) >= 11 is 0. The first-order valence-electron chi connectivity index (χ1n) is 8.88. The highest BCUT2D eigenvalue weighted by Gasteiger charge is 2.26. The van der Waals surface area contributed by atoms with Gasteiger partial charge >= 0.3 is 6.09 Å². The Labute approximate surface area is 137 Å². The zero-order valence-electron chi connectivity index (χ0n) is 15.4. The van der Waals surface area contributed by atoms with Crippen LogP contribution < -0.4 is 5.32 Å². The van der Waals surface area contributed by atoms with E-state index in [-0.39, 0.29) is 6.09 Å². The van der Waals surface area contributed by atoms with Crippen LogP contribution >= 0.6 is 0 Å². The summed E-state index contributed by atoms with van der Waals surface area (Å²) in [6.07, 6.45) is 4.51. The standard InChI is InChI=1S/C18H36N2O2/c1-14(2)7-8-15(3)19-13-16-9-11-20(12-10-16)17(21)22-18(4,5)6/h14-16,19H,7-13H2,1-6H3. The summed E-state index contributed by atoms with van der Waals surface area (Å²) in [5.74, 6) is 1.46. The van der Waals surface area contributed by atoms with Crippen LogP contribution in [0, 0.1) is 11.8 Å². The van der Waals surface area contributed by atoms with E-state index >= 15 is 0 Å². The summed E-state index contributed by atoms with van der Waals surface area (Å²) in [5, 5.41) is 3.66. The van der Waals surface area contributed by atoms with Gasteiger partial charge in [-0.2, -0.15) is 0 Å². The van der Waals surface area contributed by atoms with Gasteiger partial charge in [-0.1, -0.05) is 13.8 Å². The summed E-state index contributed by atoms with van der Waals surface area (Å²) in [4.78, 5) is 13.9. The van der Waals surface area contributed by atoms with Gasteiger partial charge in [-0.05, 0) is 71.8 Å². The minimum atomic E-state index is -0.401. The van der Waals surface area contributed by atoms with E-state index in [1.165, 1.54) is 12.8 Å². The molecule has 1 saturated heterocycles. The fourth-order valence-corrected chi connectivity index (χ4v) is 2.70. The maximum absolute atomic E-state index is 12.0. The Bertz CT molecular complexity index is 328. The monoisotopic (exact) mass is 312 g/mol. The van der Waals surface area contributed by atoms with E-state index in [4.69, 9.17) is 4.74 Å². The molecule has 1 amide bonds. The Hall–Kier alpha value is -0.770. The summed E-state index contributed by atoms with van der Waals surface area (Å²) in [6, 6.07) is 0.589. The van der Waals surface area contributed by atoms with E-state index in [9.17, 15) is 4.79 Å². The quantitative estimate of drug-likeness (QED) is 0.804. The number of carbonyl (C=O) groups excluding carboxylic acids is 1. The second-order valence-corrected chi connectivity index (χ2v) is 8.19. The molecule has 0 aromatic carbocycles. The third-order valence-corrected chi connectivity index (χ3v) is 4.20. The molecule has 1 aliphatic heterocycles. The lowest BCUT2D eigenvalue weighted by Crippen LogP contribution is -2.44. The highest BCUT2D eigenvalue weighted by molar-refractivity contribution is 5.68. The zero-order valence-corrected chi connectivity index (χ0v) is 15.4. The molecule has 1 atom stereocenters. The largest absolute Gasteiger partial charge is 0.444 e. The smallest absolute Gasteiger partial charge is 0.410 e. The molecule has 1 aliphatic rings. The van der Waals surface area contributed by atoms with Gasteiger partial charge in [-0.15, -0.1) is 0 Å². The summed E-state index contributed by atoms with van der Waals surface area (Å²) in [6.45, 7) is 15.3. The van der Waals surface area contributed by atoms with Crippen LogP contribution in [0.1, 0.15) is 67.2 Å². The van der Waals surface area contributed by atoms with E-state index in [0.717, 1.165) is 38.4 Å². The maximum atomic E-state index is 12.0. The fourth-order valence-electron chi connectivity index (χ4n) is 2.70. The number of ether oxygens (including phenoxy) is 1. The van der Waals surface area contributed by atoms with Gasteiger partial charge in [0.25, 0.3) is 0 Å².